The first-order valence-corrected chi connectivity index (χ1v) is 6.79. The molecule has 3 N–H and O–H groups in total. The molecule has 17 heavy (non-hydrogen) atoms. The minimum absolute atomic E-state index is 0.269. The zero-order chi connectivity index (χ0) is 13.1. The van der Waals surface area contributed by atoms with Crippen LogP contribution in [0.25, 0.3) is 0 Å². The molecule has 1 unspecified atom stereocenters. The Labute approximate surface area is 103 Å². The van der Waals surface area contributed by atoms with E-state index in [1.807, 2.05) is 24.3 Å². The average Bonchev–Trinajstić information content (AvgIpc) is 2.28. The first-order valence-electron chi connectivity index (χ1n) is 5.35. The standard InChI is InChI=1S/C11H19N3O2S/c1-9(13-17(15,16)14(2)3)11-6-4-10(8-12)5-7-11/h4-7,9,13H,8,12H2,1-3H3. The lowest BCUT2D eigenvalue weighted by Crippen LogP contribution is -2.37. The normalized spacial score (nSPS) is 13.9. The van der Waals surface area contributed by atoms with Crippen molar-refractivity contribution < 1.29 is 8.42 Å². The van der Waals surface area contributed by atoms with Crippen LogP contribution in [-0.4, -0.2) is 26.8 Å². The van der Waals surface area contributed by atoms with Crippen LogP contribution in [0.2, 0.25) is 0 Å². The van der Waals surface area contributed by atoms with Crippen molar-refractivity contribution in [3.63, 3.8) is 0 Å². The Morgan fingerprint density at radius 3 is 2.24 bits per heavy atom. The third kappa shape index (κ3) is 3.78. The second-order valence-electron chi connectivity index (χ2n) is 4.07. The van der Waals surface area contributed by atoms with E-state index >= 15 is 0 Å². The molecule has 0 aliphatic rings. The van der Waals surface area contributed by atoms with Crippen LogP contribution in [0.15, 0.2) is 24.3 Å². The fourth-order valence-electron chi connectivity index (χ4n) is 1.34. The molecule has 0 bridgehead atoms. The van der Waals surface area contributed by atoms with Gasteiger partial charge in [-0.25, -0.2) is 0 Å². The van der Waals surface area contributed by atoms with E-state index in [0.29, 0.717) is 6.54 Å². The van der Waals surface area contributed by atoms with E-state index in [1.165, 1.54) is 14.1 Å². The number of nitrogens with one attached hydrogen (secondary N) is 1. The van der Waals surface area contributed by atoms with Gasteiger partial charge in [0.2, 0.25) is 0 Å². The highest BCUT2D eigenvalue weighted by Gasteiger charge is 2.17. The first kappa shape index (κ1) is 14.1. The Kier molecular flexibility index (Phi) is 4.64. The summed E-state index contributed by atoms with van der Waals surface area (Å²) in [6.07, 6.45) is 0. The van der Waals surface area contributed by atoms with Crippen LogP contribution in [-0.2, 0) is 16.8 Å². The van der Waals surface area contributed by atoms with E-state index in [1.54, 1.807) is 6.92 Å². The van der Waals surface area contributed by atoms with Gasteiger partial charge in [-0.3, -0.25) is 0 Å². The topological polar surface area (TPSA) is 75.4 Å². The summed E-state index contributed by atoms with van der Waals surface area (Å²) >= 11 is 0. The molecule has 96 valence electrons. The quantitative estimate of drug-likeness (QED) is 0.811. The first-order chi connectivity index (χ1) is 7.86. The van der Waals surface area contributed by atoms with E-state index in [4.69, 9.17) is 5.73 Å². The molecule has 0 aliphatic heterocycles. The van der Waals surface area contributed by atoms with E-state index in [2.05, 4.69) is 4.72 Å². The van der Waals surface area contributed by atoms with Gasteiger partial charge in [-0.2, -0.15) is 17.4 Å². The van der Waals surface area contributed by atoms with Gasteiger partial charge in [-0.15, -0.1) is 0 Å². The second-order valence-corrected chi connectivity index (χ2v) is 5.99. The summed E-state index contributed by atoms with van der Waals surface area (Å²) in [6, 6.07) is 7.29. The van der Waals surface area contributed by atoms with Gasteiger partial charge in [0.15, 0.2) is 0 Å². The average molecular weight is 257 g/mol. The lowest BCUT2D eigenvalue weighted by atomic mass is 10.1. The number of rotatable bonds is 5. The minimum Gasteiger partial charge on any atom is -0.326 e. The maximum absolute atomic E-state index is 11.6. The number of nitrogens with zero attached hydrogens (tertiary/aromatic N) is 1. The minimum atomic E-state index is -3.40. The largest absolute Gasteiger partial charge is 0.326 e. The molecule has 0 saturated carbocycles. The Hall–Kier alpha value is -0.950. The molecule has 0 heterocycles. The van der Waals surface area contributed by atoms with Gasteiger partial charge in [-0.05, 0) is 18.1 Å². The summed E-state index contributed by atoms with van der Waals surface area (Å²) in [5.74, 6) is 0. The monoisotopic (exact) mass is 257 g/mol. The molecule has 0 aliphatic carbocycles. The summed E-state index contributed by atoms with van der Waals surface area (Å²) in [6.45, 7) is 2.29. The molecule has 1 rings (SSSR count). The molecule has 0 saturated heterocycles. The highest BCUT2D eigenvalue weighted by Crippen LogP contribution is 2.14. The van der Waals surface area contributed by atoms with E-state index in [9.17, 15) is 8.42 Å². The summed E-state index contributed by atoms with van der Waals surface area (Å²) in [4.78, 5) is 0. The van der Waals surface area contributed by atoms with Gasteiger partial charge in [0.05, 0.1) is 0 Å². The molecule has 1 aromatic rings. The van der Waals surface area contributed by atoms with Crippen LogP contribution in [0.3, 0.4) is 0 Å². The van der Waals surface area contributed by atoms with Gasteiger partial charge in [0, 0.05) is 26.7 Å². The fraction of sp³-hybridized carbons (Fsp3) is 0.455. The SMILES string of the molecule is CC(NS(=O)(=O)N(C)C)c1ccc(CN)cc1. The highest BCUT2D eigenvalue weighted by atomic mass is 32.2. The van der Waals surface area contributed by atoms with Crippen molar-refractivity contribution in [2.75, 3.05) is 14.1 Å². The van der Waals surface area contributed by atoms with Crippen molar-refractivity contribution in [3.8, 4) is 0 Å². The van der Waals surface area contributed by atoms with Crippen LogP contribution in [0, 0.1) is 0 Å². The lowest BCUT2D eigenvalue weighted by molar-refractivity contribution is 0.494. The number of nitrogens with two attached hydrogens (primary N) is 1. The predicted molar refractivity (Wildman–Crippen MR) is 68.5 cm³/mol. The summed E-state index contributed by atoms with van der Waals surface area (Å²) in [7, 11) is -0.417. The second kappa shape index (κ2) is 5.59. The Bertz CT molecular complexity index is 454. The van der Waals surface area contributed by atoms with Crippen LogP contribution in [0.4, 0.5) is 0 Å². The molecule has 0 fully saturated rings. The molecule has 6 heteroatoms. The molecule has 1 aromatic carbocycles. The van der Waals surface area contributed by atoms with E-state index < -0.39 is 10.2 Å². The van der Waals surface area contributed by atoms with E-state index in [0.717, 1.165) is 15.4 Å². The smallest absolute Gasteiger partial charge is 0.279 e. The highest BCUT2D eigenvalue weighted by molar-refractivity contribution is 7.87. The number of hydrogen-bond donors (Lipinski definition) is 2. The van der Waals surface area contributed by atoms with E-state index in [-0.39, 0.29) is 6.04 Å². The number of hydrogen-bond acceptors (Lipinski definition) is 3. The molecule has 0 aromatic heterocycles. The summed E-state index contributed by atoms with van der Waals surface area (Å²) in [5.41, 5.74) is 7.43. The zero-order valence-corrected chi connectivity index (χ0v) is 11.2. The molecule has 0 amide bonds. The Morgan fingerprint density at radius 1 is 1.29 bits per heavy atom. The summed E-state index contributed by atoms with van der Waals surface area (Å²) in [5, 5.41) is 0. The molecule has 0 radical (unpaired) electrons. The van der Waals surface area contributed by atoms with Crippen LogP contribution >= 0.6 is 0 Å². The third-order valence-corrected chi connectivity index (χ3v) is 4.13. The van der Waals surface area contributed by atoms with Crippen LogP contribution in [0.1, 0.15) is 24.1 Å². The number of benzene rings is 1. The van der Waals surface area contributed by atoms with Crippen molar-refractivity contribution in [3.05, 3.63) is 35.4 Å². The van der Waals surface area contributed by atoms with Crippen molar-refractivity contribution in [2.45, 2.75) is 19.5 Å². The van der Waals surface area contributed by atoms with Crippen molar-refractivity contribution in [2.24, 2.45) is 5.73 Å². The van der Waals surface area contributed by atoms with Crippen molar-refractivity contribution in [1.82, 2.24) is 9.03 Å². The molecule has 5 nitrogen and oxygen atoms in total. The van der Waals surface area contributed by atoms with Crippen molar-refractivity contribution >= 4 is 10.2 Å². The van der Waals surface area contributed by atoms with Gasteiger partial charge in [0.25, 0.3) is 10.2 Å². The predicted octanol–water partition coefficient (Wildman–Crippen LogP) is 0.602. The molecule has 1 atom stereocenters. The molecular formula is C11H19N3O2S. The summed E-state index contributed by atoms with van der Waals surface area (Å²) < 4.78 is 27.0. The zero-order valence-electron chi connectivity index (χ0n) is 10.3. The van der Waals surface area contributed by atoms with Crippen LogP contribution in [0.5, 0.6) is 0 Å². The van der Waals surface area contributed by atoms with Gasteiger partial charge in [0.1, 0.15) is 0 Å². The fourth-order valence-corrected chi connectivity index (χ4v) is 2.13. The Balaban J connectivity index is 2.80. The van der Waals surface area contributed by atoms with Gasteiger partial charge in [-0.1, -0.05) is 24.3 Å². The van der Waals surface area contributed by atoms with Crippen molar-refractivity contribution in [1.29, 1.82) is 0 Å². The Morgan fingerprint density at radius 2 is 1.82 bits per heavy atom. The molecular weight excluding hydrogens is 238 g/mol. The van der Waals surface area contributed by atoms with Gasteiger partial charge < -0.3 is 5.73 Å². The van der Waals surface area contributed by atoms with Gasteiger partial charge >= 0.3 is 0 Å². The lowest BCUT2D eigenvalue weighted by Gasteiger charge is -2.18. The van der Waals surface area contributed by atoms with Crippen LogP contribution < -0.4 is 10.5 Å². The molecule has 0 spiro atoms. The third-order valence-electron chi connectivity index (χ3n) is 2.52. The maximum atomic E-state index is 11.6. The maximum Gasteiger partial charge on any atom is 0.279 e.